The number of nitrogens with zero attached hydrogens (tertiary/aromatic N) is 2. The van der Waals surface area contributed by atoms with E-state index in [-0.39, 0.29) is 11.9 Å². The lowest BCUT2D eigenvalue weighted by molar-refractivity contribution is -0.126. The Hall–Kier alpha value is -2.63. The van der Waals surface area contributed by atoms with E-state index in [2.05, 4.69) is 51.5 Å². The molecule has 2 aromatic carbocycles. The third kappa shape index (κ3) is 6.44. The number of benzene rings is 2. The predicted octanol–water partition coefficient (Wildman–Crippen LogP) is 3.03. The Bertz CT molecular complexity index is 799. The number of carbonyl (C=O) groups is 1. The maximum absolute atomic E-state index is 12.6. The van der Waals surface area contributed by atoms with Crippen LogP contribution in [0, 0.1) is 0 Å². The van der Waals surface area contributed by atoms with Crippen LogP contribution in [0.15, 0.2) is 60.7 Å². The van der Waals surface area contributed by atoms with Gasteiger partial charge in [-0.15, -0.1) is 0 Å². The van der Waals surface area contributed by atoms with Crippen molar-refractivity contribution in [3.8, 4) is 5.75 Å². The van der Waals surface area contributed by atoms with Crippen molar-refractivity contribution in [2.75, 3.05) is 39.8 Å². The van der Waals surface area contributed by atoms with Crippen LogP contribution in [0.25, 0.3) is 6.08 Å². The second-order valence-corrected chi connectivity index (χ2v) is 7.39. The maximum atomic E-state index is 12.6. The third-order valence-corrected chi connectivity index (χ3v) is 5.41. The van der Waals surface area contributed by atoms with Gasteiger partial charge in [0.05, 0.1) is 13.2 Å². The van der Waals surface area contributed by atoms with Gasteiger partial charge in [-0.3, -0.25) is 14.6 Å². The smallest absolute Gasteiger partial charge is 0.237 e. The number of methoxy groups -OCH3 is 1. The highest BCUT2D eigenvalue weighted by molar-refractivity contribution is 5.81. The summed E-state index contributed by atoms with van der Waals surface area (Å²) in [5.74, 6) is 0.882. The molecule has 0 saturated carbocycles. The van der Waals surface area contributed by atoms with Gasteiger partial charge in [-0.25, -0.2) is 0 Å². The summed E-state index contributed by atoms with van der Waals surface area (Å²) in [7, 11) is 1.65. The van der Waals surface area contributed by atoms with E-state index >= 15 is 0 Å². The summed E-state index contributed by atoms with van der Waals surface area (Å²) >= 11 is 0. The van der Waals surface area contributed by atoms with Crippen LogP contribution in [0.4, 0.5) is 0 Å². The van der Waals surface area contributed by atoms with Crippen LogP contribution in [-0.2, 0) is 11.3 Å². The second-order valence-electron chi connectivity index (χ2n) is 7.39. The van der Waals surface area contributed by atoms with Crippen LogP contribution in [0.3, 0.4) is 0 Å². The lowest BCUT2D eigenvalue weighted by Gasteiger charge is -2.37. The highest BCUT2D eigenvalue weighted by Crippen LogP contribution is 2.13. The Labute approximate surface area is 174 Å². The molecule has 1 N–H and O–H groups in total. The fraction of sp³-hybridized carbons (Fsp3) is 0.375. The van der Waals surface area contributed by atoms with E-state index in [1.807, 2.05) is 37.3 Å². The summed E-state index contributed by atoms with van der Waals surface area (Å²) in [6.07, 6.45) is 4.39. The van der Waals surface area contributed by atoms with E-state index in [4.69, 9.17) is 4.74 Å². The quantitative estimate of drug-likeness (QED) is 0.749. The van der Waals surface area contributed by atoms with Crippen molar-refractivity contribution in [1.82, 2.24) is 15.1 Å². The molecule has 0 radical (unpaired) electrons. The molecule has 0 aromatic heterocycles. The zero-order valence-corrected chi connectivity index (χ0v) is 17.4. The van der Waals surface area contributed by atoms with Gasteiger partial charge in [0.15, 0.2) is 0 Å². The molecule has 1 aliphatic rings. The molecule has 1 atom stereocenters. The van der Waals surface area contributed by atoms with Gasteiger partial charge >= 0.3 is 0 Å². The van der Waals surface area contributed by atoms with Crippen molar-refractivity contribution < 1.29 is 9.53 Å². The molecule has 5 nitrogen and oxygen atoms in total. The van der Waals surface area contributed by atoms with Gasteiger partial charge in [0, 0.05) is 39.3 Å². The minimum atomic E-state index is -0.123. The Morgan fingerprint density at radius 1 is 1.10 bits per heavy atom. The van der Waals surface area contributed by atoms with E-state index in [0.717, 1.165) is 44.0 Å². The average molecular weight is 394 g/mol. The molecule has 2 aromatic rings. The van der Waals surface area contributed by atoms with Gasteiger partial charge in [-0.2, -0.15) is 0 Å². The fourth-order valence-corrected chi connectivity index (χ4v) is 3.52. The minimum absolute atomic E-state index is 0.0743. The van der Waals surface area contributed by atoms with Crippen LogP contribution in [0.5, 0.6) is 5.75 Å². The predicted molar refractivity (Wildman–Crippen MR) is 118 cm³/mol. The number of carbonyl (C=O) groups excluding carboxylic acids is 1. The van der Waals surface area contributed by atoms with Gasteiger partial charge in [-0.1, -0.05) is 54.6 Å². The topological polar surface area (TPSA) is 44.8 Å². The summed E-state index contributed by atoms with van der Waals surface area (Å²) in [4.78, 5) is 17.3. The molecule has 29 heavy (non-hydrogen) atoms. The first-order valence-corrected chi connectivity index (χ1v) is 10.2. The lowest BCUT2D eigenvalue weighted by Crippen LogP contribution is -2.53. The van der Waals surface area contributed by atoms with E-state index in [1.165, 1.54) is 5.56 Å². The highest BCUT2D eigenvalue weighted by Gasteiger charge is 2.24. The number of rotatable bonds is 8. The van der Waals surface area contributed by atoms with Crippen molar-refractivity contribution in [1.29, 1.82) is 0 Å². The van der Waals surface area contributed by atoms with Crippen molar-refractivity contribution in [3.05, 3.63) is 71.8 Å². The van der Waals surface area contributed by atoms with Crippen molar-refractivity contribution in [3.63, 3.8) is 0 Å². The van der Waals surface area contributed by atoms with Crippen LogP contribution >= 0.6 is 0 Å². The Kier molecular flexibility index (Phi) is 7.85. The largest absolute Gasteiger partial charge is 0.497 e. The van der Waals surface area contributed by atoms with Crippen molar-refractivity contribution >= 4 is 12.0 Å². The second kappa shape index (κ2) is 10.8. The Balaban J connectivity index is 1.40. The first-order valence-electron chi connectivity index (χ1n) is 10.2. The molecule has 0 aliphatic carbocycles. The molecule has 1 amide bonds. The lowest BCUT2D eigenvalue weighted by atomic mass is 10.2. The molecule has 1 aliphatic heterocycles. The van der Waals surface area contributed by atoms with Crippen LogP contribution in [0.2, 0.25) is 0 Å². The SMILES string of the molecule is COc1cccc(CNC(=O)C(C)N2CCN(C/C=C/c3ccccc3)CC2)c1. The van der Waals surface area contributed by atoms with E-state index in [0.29, 0.717) is 6.54 Å². The monoisotopic (exact) mass is 393 g/mol. The first-order chi connectivity index (χ1) is 14.2. The fourth-order valence-electron chi connectivity index (χ4n) is 3.52. The van der Waals surface area contributed by atoms with Gasteiger partial charge in [-0.05, 0) is 30.2 Å². The van der Waals surface area contributed by atoms with E-state index in [9.17, 15) is 4.79 Å². The van der Waals surface area contributed by atoms with Crippen LogP contribution in [0.1, 0.15) is 18.1 Å². The number of piperazine rings is 1. The van der Waals surface area contributed by atoms with Gasteiger partial charge < -0.3 is 10.1 Å². The van der Waals surface area contributed by atoms with Gasteiger partial charge in [0.1, 0.15) is 5.75 Å². The van der Waals surface area contributed by atoms with Crippen molar-refractivity contribution in [2.24, 2.45) is 0 Å². The summed E-state index contributed by atoms with van der Waals surface area (Å²) in [6, 6.07) is 18.0. The van der Waals surface area contributed by atoms with E-state index in [1.54, 1.807) is 7.11 Å². The zero-order valence-electron chi connectivity index (χ0n) is 17.4. The molecular formula is C24H31N3O2. The Morgan fingerprint density at radius 2 is 1.86 bits per heavy atom. The molecule has 1 heterocycles. The molecule has 1 unspecified atom stereocenters. The third-order valence-electron chi connectivity index (χ3n) is 5.41. The summed E-state index contributed by atoms with van der Waals surface area (Å²) in [5, 5.41) is 3.05. The first kappa shape index (κ1) is 21.1. The summed E-state index contributed by atoms with van der Waals surface area (Å²) < 4.78 is 5.24. The van der Waals surface area contributed by atoms with Gasteiger partial charge in [0.2, 0.25) is 5.91 Å². The molecule has 0 spiro atoms. The molecule has 1 fully saturated rings. The number of amides is 1. The number of ether oxygens (including phenoxy) is 1. The normalized spacial score (nSPS) is 16.6. The Morgan fingerprint density at radius 3 is 2.59 bits per heavy atom. The molecule has 5 heteroatoms. The number of hydrogen-bond donors (Lipinski definition) is 1. The molecule has 3 rings (SSSR count). The van der Waals surface area contributed by atoms with Gasteiger partial charge in [0.25, 0.3) is 0 Å². The van der Waals surface area contributed by atoms with E-state index < -0.39 is 0 Å². The van der Waals surface area contributed by atoms with Crippen LogP contribution in [-0.4, -0.2) is 61.6 Å². The summed E-state index contributed by atoms with van der Waals surface area (Å²) in [6.45, 7) is 7.23. The highest BCUT2D eigenvalue weighted by atomic mass is 16.5. The number of nitrogens with one attached hydrogen (secondary N) is 1. The standard InChI is InChI=1S/C24H31N3O2/c1-20(24(28)25-19-22-10-6-12-23(18-22)29-2)27-16-14-26(15-17-27)13-7-11-21-8-4-3-5-9-21/h3-12,18,20H,13-17,19H2,1-2H3,(H,25,28)/b11-7+. The zero-order chi connectivity index (χ0) is 20.5. The van der Waals surface area contributed by atoms with Crippen LogP contribution < -0.4 is 10.1 Å². The molecular weight excluding hydrogens is 362 g/mol. The molecule has 0 bridgehead atoms. The summed E-state index contributed by atoms with van der Waals surface area (Å²) in [5.41, 5.74) is 2.27. The number of hydrogen-bond acceptors (Lipinski definition) is 4. The minimum Gasteiger partial charge on any atom is -0.497 e. The molecule has 1 saturated heterocycles. The maximum Gasteiger partial charge on any atom is 0.237 e. The average Bonchev–Trinajstić information content (AvgIpc) is 2.78. The molecule has 154 valence electrons. The van der Waals surface area contributed by atoms with Crippen molar-refractivity contribution in [2.45, 2.75) is 19.5 Å².